The first kappa shape index (κ1) is 25.9. The van der Waals surface area contributed by atoms with Crippen LogP contribution in [-0.4, -0.2) is 34.7 Å². The van der Waals surface area contributed by atoms with Crippen molar-refractivity contribution >= 4 is 46.0 Å². The fraction of sp³-hybridized carbons (Fsp3) is 0.276. The zero-order valence-electron chi connectivity index (χ0n) is 21.0. The topological polar surface area (TPSA) is 63.4 Å². The molecule has 36 heavy (non-hydrogen) atoms. The van der Waals surface area contributed by atoms with Crippen LogP contribution in [0.2, 0.25) is 10.0 Å². The molecule has 0 unspecified atom stereocenters. The van der Waals surface area contributed by atoms with Crippen LogP contribution in [0.25, 0.3) is 33.5 Å². The quantitative estimate of drug-likeness (QED) is 0.239. The van der Waals surface area contributed by atoms with Crippen LogP contribution in [0.1, 0.15) is 55.5 Å². The lowest BCUT2D eigenvalue weighted by Gasteiger charge is -2.20. The molecule has 0 aliphatic rings. The summed E-state index contributed by atoms with van der Waals surface area (Å²) in [5, 5.41) is 1.61. The molecule has 2 aromatic carbocycles. The lowest BCUT2D eigenvalue weighted by molar-refractivity contribution is 0.0752. The number of nitrogens with zero attached hydrogens (tertiary/aromatic N) is 2. The third-order valence-electron chi connectivity index (χ3n) is 6.12. The number of halogens is 2. The summed E-state index contributed by atoms with van der Waals surface area (Å²) in [6.07, 6.45) is 0. The standard InChI is InChI=1S/C29H28Cl2N2O3/c1-6-33(7-2)28(35)23-21-16-20(17-12-14-18(30)15-13-17)24(19-10-8-9-11-22(19)31)32-27(21)36-25(23)26(34)29(3,4)5/h8-16H,6-7H2,1-5H3. The van der Waals surface area contributed by atoms with Crippen molar-refractivity contribution in [1.82, 2.24) is 9.88 Å². The number of pyridine rings is 1. The highest BCUT2D eigenvalue weighted by atomic mass is 35.5. The number of rotatable bonds is 6. The van der Waals surface area contributed by atoms with Gasteiger partial charge < -0.3 is 9.32 Å². The third kappa shape index (κ3) is 4.78. The van der Waals surface area contributed by atoms with E-state index in [1.54, 1.807) is 43.9 Å². The second-order valence-electron chi connectivity index (χ2n) is 9.59. The molecule has 0 spiro atoms. The number of hydrogen-bond donors (Lipinski definition) is 0. The highest BCUT2D eigenvalue weighted by Gasteiger charge is 2.35. The molecule has 7 heteroatoms. The monoisotopic (exact) mass is 522 g/mol. The van der Waals surface area contributed by atoms with Gasteiger partial charge >= 0.3 is 0 Å². The van der Waals surface area contributed by atoms with Crippen molar-refractivity contribution in [3.63, 3.8) is 0 Å². The fourth-order valence-electron chi connectivity index (χ4n) is 4.11. The molecule has 4 rings (SSSR count). The molecule has 0 aliphatic heterocycles. The van der Waals surface area contributed by atoms with Gasteiger partial charge in [0.15, 0.2) is 5.76 Å². The van der Waals surface area contributed by atoms with Crippen molar-refractivity contribution in [2.24, 2.45) is 5.41 Å². The zero-order chi connectivity index (χ0) is 26.2. The van der Waals surface area contributed by atoms with Gasteiger partial charge in [-0.2, -0.15) is 0 Å². The summed E-state index contributed by atoms with van der Waals surface area (Å²) in [7, 11) is 0. The summed E-state index contributed by atoms with van der Waals surface area (Å²) in [6.45, 7) is 10.2. The molecular formula is C29H28Cl2N2O3. The van der Waals surface area contributed by atoms with E-state index < -0.39 is 5.41 Å². The third-order valence-corrected chi connectivity index (χ3v) is 6.70. The molecular weight excluding hydrogens is 495 g/mol. The van der Waals surface area contributed by atoms with Crippen LogP contribution in [-0.2, 0) is 0 Å². The molecule has 0 radical (unpaired) electrons. The van der Waals surface area contributed by atoms with E-state index in [1.807, 2.05) is 50.2 Å². The Labute approximate surface area is 221 Å². The van der Waals surface area contributed by atoms with E-state index in [4.69, 9.17) is 32.6 Å². The number of carbonyl (C=O) groups is 2. The maximum absolute atomic E-state index is 13.7. The Bertz CT molecular complexity index is 1450. The Morgan fingerprint density at radius 2 is 1.58 bits per heavy atom. The van der Waals surface area contributed by atoms with Crippen molar-refractivity contribution in [3.8, 4) is 22.4 Å². The Morgan fingerprint density at radius 1 is 0.944 bits per heavy atom. The number of fused-ring (bicyclic) bond motifs is 1. The molecule has 4 aromatic rings. The van der Waals surface area contributed by atoms with Gasteiger partial charge in [-0.25, -0.2) is 4.98 Å². The largest absolute Gasteiger partial charge is 0.434 e. The minimum absolute atomic E-state index is 0.0280. The molecule has 0 saturated heterocycles. The number of amides is 1. The normalized spacial score (nSPS) is 11.6. The zero-order valence-corrected chi connectivity index (χ0v) is 22.5. The van der Waals surface area contributed by atoms with E-state index in [2.05, 4.69) is 0 Å². The summed E-state index contributed by atoms with van der Waals surface area (Å²) in [5.41, 5.74) is 2.58. The number of carbonyl (C=O) groups excluding carboxylic acids is 2. The average Bonchev–Trinajstić information content (AvgIpc) is 3.22. The smallest absolute Gasteiger partial charge is 0.258 e. The first-order valence-electron chi connectivity index (χ1n) is 11.9. The first-order chi connectivity index (χ1) is 17.1. The van der Waals surface area contributed by atoms with Crippen LogP contribution in [0.4, 0.5) is 0 Å². The van der Waals surface area contributed by atoms with E-state index in [0.717, 1.165) is 11.1 Å². The van der Waals surface area contributed by atoms with Crippen LogP contribution >= 0.6 is 23.2 Å². The van der Waals surface area contributed by atoms with E-state index in [1.165, 1.54) is 0 Å². The molecule has 1 amide bonds. The average molecular weight is 523 g/mol. The highest BCUT2D eigenvalue weighted by Crippen LogP contribution is 2.40. The Morgan fingerprint density at radius 3 is 2.17 bits per heavy atom. The lowest BCUT2D eigenvalue weighted by atomic mass is 9.87. The van der Waals surface area contributed by atoms with Crippen molar-refractivity contribution in [2.75, 3.05) is 13.1 Å². The van der Waals surface area contributed by atoms with Crippen molar-refractivity contribution in [1.29, 1.82) is 0 Å². The van der Waals surface area contributed by atoms with Gasteiger partial charge in [0.05, 0.1) is 16.6 Å². The Kier molecular flexibility index (Phi) is 7.26. The lowest BCUT2D eigenvalue weighted by Crippen LogP contribution is -2.32. The molecule has 0 saturated carbocycles. The molecule has 0 bridgehead atoms. The minimum atomic E-state index is -0.753. The van der Waals surface area contributed by atoms with Gasteiger partial charge in [-0.15, -0.1) is 0 Å². The van der Waals surface area contributed by atoms with Gasteiger partial charge in [0.2, 0.25) is 11.5 Å². The van der Waals surface area contributed by atoms with Crippen molar-refractivity contribution in [3.05, 3.63) is 76.0 Å². The second-order valence-corrected chi connectivity index (χ2v) is 10.4. The highest BCUT2D eigenvalue weighted by molar-refractivity contribution is 6.33. The van der Waals surface area contributed by atoms with Crippen LogP contribution in [0.3, 0.4) is 0 Å². The number of ketones is 1. The van der Waals surface area contributed by atoms with Crippen LogP contribution in [0, 0.1) is 5.41 Å². The first-order valence-corrected chi connectivity index (χ1v) is 12.6. The molecule has 2 aromatic heterocycles. The van der Waals surface area contributed by atoms with E-state index in [0.29, 0.717) is 39.8 Å². The SMILES string of the molecule is CCN(CC)C(=O)c1c(C(=O)C(C)(C)C)oc2nc(-c3ccccc3Cl)c(-c3ccc(Cl)cc3)cc12. The van der Waals surface area contributed by atoms with Crippen LogP contribution in [0.15, 0.2) is 59.0 Å². The second kappa shape index (κ2) is 10.1. The Balaban J connectivity index is 2.10. The number of aromatic nitrogens is 1. The molecule has 5 nitrogen and oxygen atoms in total. The fourth-order valence-corrected chi connectivity index (χ4v) is 4.46. The van der Waals surface area contributed by atoms with Crippen molar-refractivity contribution in [2.45, 2.75) is 34.6 Å². The summed E-state index contributed by atoms with van der Waals surface area (Å²) < 4.78 is 6.09. The van der Waals surface area contributed by atoms with Gasteiger partial charge in [0, 0.05) is 39.7 Å². The van der Waals surface area contributed by atoms with E-state index in [9.17, 15) is 9.59 Å². The number of Topliss-reactive ketones (excluding diaryl/α,β-unsaturated/α-hetero) is 1. The summed E-state index contributed by atoms with van der Waals surface area (Å²) in [4.78, 5) is 33.6. The molecule has 186 valence electrons. The minimum Gasteiger partial charge on any atom is -0.434 e. The molecule has 2 heterocycles. The molecule has 0 aliphatic carbocycles. The predicted octanol–water partition coefficient (Wildman–Crippen LogP) is 8.18. The van der Waals surface area contributed by atoms with Gasteiger partial charge in [-0.05, 0) is 43.7 Å². The Hall–Kier alpha value is -3.15. The van der Waals surface area contributed by atoms with Crippen molar-refractivity contribution < 1.29 is 14.0 Å². The van der Waals surface area contributed by atoms with Gasteiger partial charge in [-0.1, -0.05) is 74.3 Å². The van der Waals surface area contributed by atoms with Gasteiger partial charge in [-0.3, -0.25) is 9.59 Å². The number of hydrogen-bond acceptors (Lipinski definition) is 4. The number of furan rings is 1. The van der Waals surface area contributed by atoms with E-state index >= 15 is 0 Å². The van der Waals surface area contributed by atoms with Gasteiger partial charge in [0.25, 0.3) is 5.91 Å². The molecule has 0 atom stereocenters. The number of benzene rings is 2. The van der Waals surface area contributed by atoms with Crippen LogP contribution in [0.5, 0.6) is 0 Å². The maximum Gasteiger partial charge on any atom is 0.258 e. The molecule has 0 N–H and O–H groups in total. The summed E-state index contributed by atoms with van der Waals surface area (Å²) in [6, 6.07) is 16.6. The van der Waals surface area contributed by atoms with Crippen LogP contribution < -0.4 is 0 Å². The molecule has 0 fully saturated rings. The maximum atomic E-state index is 13.7. The van der Waals surface area contributed by atoms with E-state index in [-0.39, 0.29) is 28.7 Å². The predicted molar refractivity (Wildman–Crippen MR) is 146 cm³/mol. The summed E-state index contributed by atoms with van der Waals surface area (Å²) in [5.74, 6) is -0.496. The summed E-state index contributed by atoms with van der Waals surface area (Å²) >= 11 is 12.7. The van der Waals surface area contributed by atoms with Gasteiger partial charge in [0.1, 0.15) is 0 Å².